The van der Waals surface area contributed by atoms with Crippen LogP contribution in [0.5, 0.6) is 0 Å². The van der Waals surface area contributed by atoms with Gasteiger partial charge < -0.3 is 9.88 Å². The molecule has 1 fully saturated rings. The first-order valence-electron chi connectivity index (χ1n) is 5.58. The number of aromatic nitrogens is 2. The normalized spacial score (nSPS) is 15.3. The van der Waals surface area contributed by atoms with Gasteiger partial charge in [0.1, 0.15) is 0 Å². The highest BCUT2D eigenvalue weighted by Gasteiger charge is 2.31. The number of carbonyl (C=O) groups excluding carboxylic acids is 1. The van der Waals surface area contributed by atoms with Gasteiger partial charge in [0.05, 0.1) is 12.7 Å². The summed E-state index contributed by atoms with van der Waals surface area (Å²) < 4.78 is 0. The van der Waals surface area contributed by atoms with Gasteiger partial charge in [0.15, 0.2) is 0 Å². The van der Waals surface area contributed by atoms with Crippen LogP contribution in [0.2, 0.25) is 0 Å². The van der Waals surface area contributed by atoms with E-state index >= 15 is 0 Å². The molecule has 1 aliphatic rings. The largest absolute Gasteiger partial charge is 0.348 e. The quantitative estimate of drug-likeness (QED) is 0.792. The number of nitrogens with one attached hydrogen (secondary N) is 1. The lowest BCUT2D eigenvalue weighted by Crippen LogP contribution is -2.35. The molecule has 1 saturated carbocycles. The van der Waals surface area contributed by atoms with E-state index in [-0.39, 0.29) is 5.91 Å². The molecule has 0 atom stereocenters. The molecule has 1 heterocycles. The smallest absolute Gasteiger partial charge is 0.228 e. The van der Waals surface area contributed by atoms with Crippen LogP contribution in [0.3, 0.4) is 0 Å². The van der Waals surface area contributed by atoms with E-state index in [0.29, 0.717) is 12.5 Å². The molecule has 82 valence electrons. The number of rotatable bonds is 5. The first-order chi connectivity index (χ1) is 7.31. The van der Waals surface area contributed by atoms with Crippen LogP contribution >= 0.6 is 0 Å². The summed E-state index contributed by atoms with van der Waals surface area (Å²) in [4.78, 5) is 20.9. The molecule has 0 unspecified atom stereocenters. The third-order valence-electron chi connectivity index (χ3n) is 2.67. The predicted molar refractivity (Wildman–Crippen MR) is 57.3 cm³/mol. The van der Waals surface area contributed by atoms with Gasteiger partial charge in [0.2, 0.25) is 5.91 Å². The number of hydrogen-bond donors (Lipinski definition) is 1. The molecule has 4 heteroatoms. The summed E-state index contributed by atoms with van der Waals surface area (Å²) in [5.74, 6) is 0.226. The average molecular weight is 207 g/mol. The Morgan fingerprint density at radius 3 is 3.00 bits per heavy atom. The van der Waals surface area contributed by atoms with Crippen molar-refractivity contribution < 1.29 is 4.79 Å². The Hall–Kier alpha value is -1.32. The van der Waals surface area contributed by atoms with Gasteiger partial charge in [0.25, 0.3) is 0 Å². The van der Waals surface area contributed by atoms with E-state index < -0.39 is 0 Å². The Morgan fingerprint density at radius 2 is 2.47 bits per heavy atom. The number of carbonyl (C=O) groups is 1. The summed E-state index contributed by atoms with van der Waals surface area (Å²) in [5, 5.41) is 0. The summed E-state index contributed by atoms with van der Waals surface area (Å²) in [6.07, 6.45) is 7.17. The zero-order valence-electron chi connectivity index (χ0n) is 9.07. The van der Waals surface area contributed by atoms with Crippen molar-refractivity contribution >= 4 is 5.91 Å². The predicted octanol–water partition coefficient (Wildman–Crippen LogP) is 1.35. The third-order valence-corrected chi connectivity index (χ3v) is 2.67. The Labute approximate surface area is 89.7 Å². The van der Waals surface area contributed by atoms with E-state index in [1.807, 2.05) is 4.90 Å². The van der Waals surface area contributed by atoms with Crippen LogP contribution in [-0.4, -0.2) is 33.4 Å². The van der Waals surface area contributed by atoms with Gasteiger partial charge in [0, 0.05) is 24.5 Å². The van der Waals surface area contributed by atoms with E-state index in [9.17, 15) is 4.79 Å². The van der Waals surface area contributed by atoms with Crippen molar-refractivity contribution in [2.45, 2.75) is 38.6 Å². The van der Waals surface area contributed by atoms with Crippen molar-refractivity contribution in [1.82, 2.24) is 14.9 Å². The van der Waals surface area contributed by atoms with Crippen LogP contribution in [0.25, 0.3) is 0 Å². The highest BCUT2D eigenvalue weighted by atomic mass is 16.2. The molecule has 0 bridgehead atoms. The third kappa shape index (κ3) is 2.58. The van der Waals surface area contributed by atoms with Crippen molar-refractivity contribution in [3.05, 3.63) is 18.2 Å². The minimum absolute atomic E-state index is 0.226. The van der Waals surface area contributed by atoms with E-state index in [1.165, 1.54) is 12.8 Å². The molecule has 1 aromatic heterocycles. The molecule has 1 aliphatic carbocycles. The van der Waals surface area contributed by atoms with Gasteiger partial charge >= 0.3 is 0 Å². The maximum absolute atomic E-state index is 12.0. The molecular formula is C11H17N3O. The van der Waals surface area contributed by atoms with Gasteiger partial charge in [-0.25, -0.2) is 4.98 Å². The summed E-state index contributed by atoms with van der Waals surface area (Å²) >= 11 is 0. The maximum Gasteiger partial charge on any atom is 0.228 e. The van der Waals surface area contributed by atoms with Crippen LogP contribution in [0.4, 0.5) is 0 Å². The SMILES string of the molecule is CCCN(C(=O)Cc1cnc[nH]1)C1CC1. The molecule has 0 radical (unpaired) electrons. The van der Waals surface area contributed by atoms with Crippen LogP contribution in [-0.2, 0) is 11.2 Å². The fourth-order valence-corrected chi connectivity index (χ4v) is 1.78. The van der Waals surface area contributed by atoms with Crippen LogP contribution in [0.15, 0.2) is 12.5 Å². The molecule has 0 saturated heterocycles. The van der Waals surface area contributed by atoms with Crippen molar-refractivity contribution in [3.63, 3.8) is 0 Å². The number of amides is 1. The molecule has 1 amide bonds. The zero-order valence-corrected chi connectivity index (χ0v) is 9.07. The molecule has 15 heavy (non-hydrogen) atoms. The second kappa shape index (κ2) is 4.47. The number of H-pyrrole nitrogens is 1. The number of imidazole rings is 1. The van der Waals surface area contributed by atoms with E-state index in [0.717, 1.165) is 18.7 Å². The van der Waals surface area contributed by atoms with Gasteiger partial charge in [-0.15, -0.1) is 0 Å². The Kier molecular flexibility index (Phi) is 3.04. The molecule has 2 rings (SSSR count). The topological polar surface area (TPSA) is 49.0 Å². The van der Waals surface area contributed by atoms with Gasteiger partial charge in [-0.05, 0) is 19.3 Å². The molecule has 1 aromatic rings. The Bertz CT molecular complexity index is 317. The summed E-state index contributed by atoms with van der Waals surface area (Å²) in [7, 11) is 0. The van der Waals surface area contributed by atoms with Crippen molar-refractivity contribution in [3.8, 4) is 0 Å². The maximum atomic E-state index is 12.0. The van der Waals surface area contributed by atoms with Gasteiger partial charge in [-0.3, -0.25) is 4.79 Å². The fraction of sp³-hybridized carbons (Fsp3) is 0.636. The van der Waals surface area contributed by atoms with E-state index in [2.05, 4.69) is 16.9 Å². The van der Waals surface area contributed by atoms with E-state index in [1.54, 1.807) is 12.5 Å². The second-order valence-electron chi connectivity index (χ2n) is 4.07. The van der Waals surface area contributed by atoms with Crippen molar-refractivity contribution in [2.24, 2.45) is 0 Å². The lowest BCUT2D eigenvalue weighted by atomic mass is 10.2. The first-order valence-corrected chi connectivity index (χ1v) is 5.58. The van der Waals surface area contributed by atoms with Crippen molar-refractivity contribution in [2.75, 3.05) is 6.54 Å². The van der Waals surface area contributed by atoms with Gasteiger partial charge in [-0.1, -0.05) is 6.92 Å². The zero-order chi connectivity index (χ0) is 10.7. The lowest BCUT2D eigenvalue weighted by Gasteiger charge is -2.21. The molecule has 0 spiro atoms. The summed E-state index contributed by atoms with van der Waals surface area (Å²) in [6, 6.07) is 0.514. The van der Waals surface area contributed by atoms with Crippen LogP contribution in [0, 0.1) is 0 Å². The Balaban J connectivity index is 1.92. The molecule has 0 aliphatic heterocycles. The number of aromatic amines is 1. The highest BCUT2D eigenvalue weighted by Crippen LogP contribution is 2.27. The average Bonchev–Trinajstić information content (AvgIpc) is 2.93. The summed E-state index contributed by atoms with van der Waals surface area (Å²) in [6.45, 7) is 3.00. The molecule has 0 aromatic carbocycles. The number of nitrogens with zero attached hydrogens (tertiary/aromatic N) is 2. The molecule has 4 nitrogen and oxygen atoms in total. The standard InChI is InChI=1S/C11H17N3O/c1-2-5-14(10-3-4-10)11(15)6-9-7-12-8-13-9/h7-8,10H,2-6H2,1H3,(H,12,13). The summed E-state index contributed by atoms with van der Waals surface area (Å²) in [5.41, 5.74) is 0.904. The highest BCUT2D eigenvalue weighted by molar-refractivity contribution is 5.78. The minimum Gasteiger partial charge on any atom is -0.348 e. The fourth-order valence-electron chi connectivity index (χ4n) is 1.78. The van der Waals surface area contributed by atoms with Gasteiger partial charge in [-0.2, -0.15) is 0 Å². The van der Waals surface area contributed by atoms with Crippen molar-refractivity contribution in [1.29, 1.82) is 0 Å². The first kappa shape index (κ1) is 10.2. The second-order valence-corrected chi connectivity index (χ2v) is 4.07. The van der Waals surface area contributed by atoms with Crippen LogP contribution in [0.1, 0.15) is 31.9 Å². The Morgan fingerprint density at radius 1 is 1.67 bits per heavy atom. The molecular weight excluding hydrogens is 190 g/mol. The molecule has 1 N–H and O–H groups in total. The lowest BCUT2D eigenvalue weighted by molar-refractivity contribution is -0.131. The monoisotopic (exact) mass is 207 g/mol. The number of hydrogen-bond acceptors (Lipinski definition) is 2. The van der Waals surface area contributed by atoms with E-state index in [4.69, 9.17) is 0 Å². The van der Waals surface area contributed by atoms with Crippen LogP contribution < -0.4 is 0 Å². The minimum atomic E-state index is 0.226.